The van der Waals surface area contributed by atoms with Crippen LogP contribution in [0.4, 0.5) is 11.4 Å². The fourth-order valence-electron chi connectivity index (χ4n) is 3.08. The highest BCUT2D eigenvalue weighted by atomic mass is 79.9. The Morgan fingerprint density at radius 2 is 1.96 bits per heavy atom. The van der Waals surface area contributed by atoms with Gasteiger partial charge in [0.15, 0.2) is 0 Å². The largest absolute Gasteiger partial charge is 0.339 e. The first kappa shape index (κ1) is 18.1. The normalized spacial score (nSPS) is 18.6. The Morgan fingerprint density at radius 3 is 2.62 bits per heavy atom. The average Bonchev–Trinajstić information content (AvgIpc) is 2.66. The van der Waals surface area contributed by atoms with Gasteiger partial charge in [-0.1, -0.05) is 43.6 Å². The summed E-state index contributed by atoms with van der Waals surface area (Å²) >= 11 is 11.8. The molecule has 0 bridgehead atoms. The lowest BCUT2D eigenvalue weighted by Crippen LogP contribution is -2.36. The summed E-state index contributed by atoms with van der Waals surface area (Å²) < 4.78 is 3.33. The van der Waals surface area contributed by atoms with Crippen LogP contribution in [0.2, 0.25) is 5.02 Å². The van der Waals surface area contributed by atoms with Crippen LogP contribution in [-0.4, -0.2) is 23.9 Å². The smallest absolute Gasteiger partial charge is 0.0578 e. The molecule has 5 heteroatoms. The number of rotatable bonds is 3. The monoisotopic (exact) mass is 424 g/mol. The number of hydrogen-bond donors (Lipinski definition) is 0. The molecule has 1 heterocycles. The molecule has 0 aromatic heterocycles. The van der Waals surface area contributed by atoms with E-state index in [0.29, 0.717) is 12.0 Å². The lowest BCUT2D eigenvalue weighted by atomic mass is 10.0. The molecule has 2 aromatic carbocycles. The quantitative estimate of drug-likeness (QED) is 0.511. The molecule has 24 heavy (non-hydrogen) atoms. The predicted octanol–water partition coefficient (Wildman–Crippen LogP) is 6.61. The summed E-state index contributed by atoms with van der Waals surface area (Å²) in [4.78, 5) is 3.63. The topological polar surface area (TPSA) is 6.48 Å². The highest BCUT2D eigenvalue weighted by Crippen LogP contribution is 2.44. The number of halogens is 2. The van der Waals surface area contributed by atoms with Crippen molar-refractivity contribution in [3.05, 3.63) is 52.0 Å². The molecule has 0 spiro atoms. The molecule has 1 aliphatic heterocycles. The number of fused-ring (bicyclic) bond motifs is 1. The van der Waals surface area contributed by atoms with Gasteiger partial charge in [-0.2, -0.15) is 0 Å². The molecule has 0 saturated heterocycles. The Bertz CT molecular complexity index is 708. The molecule has 0 amide bonds. The van der Waals surface area contributed by atoms with Crippen LogP contribution in [-0.2, 0) is 0 Å². The van der Waals surface area contributed by atoms with Crippen molar-refractivity contribution in [1.29, 1.82) is 0 Å². The van der Waals surface area contributed by atoms with Crippen molar-refractivity contribution < 1.29 is 0 Å². The molecule has 0 radical (unpaired) electrons. The van der Waals surface area contributed by atoms with E-state index in [1.165, 1.54) is 16.3 Å². The molecular formula is C19H22BrClN2S. The van der Waals surface area contributed by atoms with Gasteiger partial charge in [-0.25, -0.2) is 4.31 Å². The summed E-state index contributed by atoms with van der Waals surface area (Å²) in [6, 6.07) is 15.3. The van der Waals surface area contributed by atoms with Crippen LogP contribution in [0.5, 0.6) is 0 Å². The molecule has 3 rings (SSSR count). The van der Waals surface area contributed by atoms with Crippen molar-refractivity contribution in [3.8, 4) is 0 Å². The zero-order valence-corrected chi connectivity index (χ0v) is 17.3. The first-order valence-corrected chi connectivity index (χ1v) is 10.1. The Morgan fingerprint density at radius 1 is 1.25 bits per heavy atom. The summed E-state index contributed by atoms with van der Waals surface area (Å²) in [6.45, 7) is 5.53. The lowest BCUT2D eigenvalue weighted by Gasteiger charge is -2.31. The molecule has 0 saturated carbocycles. The fraction of sp³-hybridized carbons (Fsp3) is 0.368. The Kier molecular flexibility index (Phi) is 5.81. The van der Waals surface area contributed by atoms with E-state index in [9.17, 15) is 0 Å². The molecule has 128 valence electrons. The van der Waals surface area contributed by atoms with E-state index in [1.54, 1.807) is 0 Å². The zero-order chi connectivity index (χ0) is 17.3. The molecule has 2 nitrogen and oxygen atoms in total. The van der Waals surface area contributed by atoms with Gasteiger partial charge in [0.05, 0.1) is 10.7 Å². The first-order chi connectivity index (χ1) is 11.5. The minimum absolute atomic E-state index is 0.472. The van der Waals surface area contributed by atoms with E-state index < -0.39 is 0 Å². The maximum absolute atomic E-state index is 6.41. The SMILES string of the molecule is CC(C)C[C@@H]1CN(c2ccccc2)c2cc(Cl)c(Br)cc2SN1C. The average molecular weight is 426 g/mol. The Hall–Kier alpha value is -0.680. The second-order valence-corrected chi connectivity index (χ2v) is 9.06. The van der Waals surface area contributed by atoms with Gasteiger partial charge in [0.1, 0.15) is 0 Å². The van der Waals surface area contributed by atoms with Crippen LogP contribution >= 0.6 is 39.5 Å². The lowest BCUT2D eigenvalue weighted by molar-refractivity contribution is 0.350. The van der Waals surface area contributed by atoms with Gasteiger partial charge in [0.2, 0.25) is 0 Å². The maximum atomic E-state index is 6.41. The van der Waals surface area contributed by atoms with E-state index in [4.69, 9.17) is 11.6 Å². The minimum atomic E-state index is 0.472. The predicted molar refractivity (Wildman–Crippen MR) is 109 cm³/mol. The molecule has 1 aliphatic rings. The third-order valence-corrected chi connectivity index (χ3v) is 6.56. The van der Waals surface area contributed by atoms with Gasteiger partial charge in [-0.3, -0.25) is 0 Å². The van der Waals surface area contributed by atoms with Crippen LogP contribution in [0.15, 0.2) is 51.8 Å². The molecule has 0 N–H and O–H groups in total. The van der Waals surface area contributed by atoms with Crippen LogP contribution in [0.25, 0.3) is 0 Å². The summed E-state index contributed by atoms with van der Waals surface area (Å²) in [6.07, 6.45) is 1.16. The molecular weight excluding hydrogens is 404 g/mol. The third-order valence-electron chi connectivity index (χ3n) is 4.25. The van der Waals surface area contributed by atoms with E-state index in [1.807, 2.05) is 11.9 Å². The van der Waals surface area contributed by atoms with Crippen LogP contribution in [0, 0.1) is 5.92 Å². The Labute approximate surface area is 162 Å². The van der Waals surface area contributed by atoms with Crippen molar-refractivity contribution in [2.45, 2.75) is 31.2 Å². The number of likely N-dealkylation sites (N-methyl/N-ethyl adjacent to an activating group) is 1. The van der Waals surface area contributed by atoms with Crippen molar-refractivity contribution in [1.82, 2.24) is 4.31 Å². The van der Waals surface area contributed by atoms with Gasteiger partial charge in [-0.05, 0) is 71.5 Å². The maximum Gasteiger partial charge on any atom is 0.0578 e. The Balaban J connectivity index is 2.08. The van der Waals surface area contributed by atoms with E-state index in [0.717, 1.165) is 22.5 Å². The third kappa shape index (κ3) is 3.93. The number of nitrogens with zero attached hydrogens (tertiary/aromatic N) is 2. The van der Waals surface area contributed by atoms with Gasteiger partial charge >= 0.3 is 0 Å². The molecule has 0 aliphatic carbocycles. The summed E-state index contributed by atoms with van der Waals surface area (Å²) in [5, 5.41) is 0.750. The van der Waals surface area contributed by atoms with Gasteiger partial charge in [0.25, 0.3) is 0 Å². The summed E-state index contributed by atoms with van der Waals surface area (Å²) in [5.41, 5.74) is 2.39. The van der Waals surface area contributed by atoms with Crippen molar-refractivity contribution in [3.63, 3.8) is 0 Å². The van der Waals surface area contributed by atoms with Crippen molar-refractivity contribution >= 4 is 50.9 Å². The van der Waals surface area contributed by atoms with E-state index in [2.05, 4.69) is 88.5 Å². The zero-order valence-electron chi connectivity index (χ0n) is 14.2. The highest BCUT2D eigenvalue weighted by Gasteiger charge is 2.28. The molecule has 0 unspecified atom stereocenters. The second kappa shape index (κ2) is 7.69. The van der Waals surface area contributed by atoms with Crippen LogP contribution in [0.1, 0.15) is 20.3 Å². The van der Waals surface area contributed by atoms with Crippen LogP contribution < -0.4 is 4.90 Å². The van der Waals surface area contributed by atoms with Crippen molar-refractivity contribution in [2.75, 3.05) is 18.5 Å². The minimum Gasteiger partial charge on any atom is -0.339 e. The summed E-state index contributed by atoms with van der Waals surface area (Å²) in [5.74, 6) is 0.659. The van der Waals surface area contributed by atoms with Gasteiger partial charge in [-0.15, -0.1) is 0 Å². The number of benzene rings is 2. The van der Waals surface area contributed by atoms with Gasteiger partial charge in [0, 0.05) is 27.6 Å². The number of hydrogen-bond acceptors (Lipinski definition) is 3. The second-order valence-electron chi connectivity index (χ2n) is 6.60. The molecule has 0 fully saturated rings. The van der Waals surface area contributed by atoms with Crippen LogP contribution in [0.3, 0.4) is 0 Å². The highest BCUT2D eigenvalue weighted by molar-refractivity contribution is 9.10. The summed E-state index contributed by atoms with van der Waals surface area (Å²) in [7, 11) is 2.19. The number of anilines is 2. The first-order valence-electron chi connectivity index (χ1n) is 8.18. The van der Waals surface area contributed by atoms with Crippen molar-refractivity contribution in [2.24, 2.45) is 5.92 Å². The molecule has 2 aromatic rings. The van der Waals surface area contributed by atoms with E-state index in [-0.39, 0.29) is 0 Å². The standard InChI is InChI=1S/C19H22BrClN2S/c1-13(2)9-15-12-23(14-7-5-4-6-8-14)18-11-17(21)16(20)10-19(18)24-22(15)3/h4-8,10-11,13,15H,9,12H2,1-3H3/t15-/m1/s1. The van der Waals surface area contributed by atoms with E-state index >= 15 is 0 Å². The van der Waals surface area contributed by atoms with Gasteiger partial charge < -0.3 is 4.90 Å². The number of para-hydroxylation sites is 1. The molecule has 1 atom stereocenters. The fourth-order valence-corrected chi connectivity index (χ4v) is 4.77.